The van der Waals surface area contributed by atoms with Crippen molar-refractivity contribution in [2.75, 3.05) is 6.61 Å². The lowest BCUT2D eigenvalue weighted by molar-refractivity contribution is -0.125. The number of nitrogens with one attached hydrogen (secondary N) is 1. The first-order valence-corrected chi connectivity index (χ1v) is 6.69. The van der Waals surface area contributed by atoms with Crippen molar-refractivity contribution in [1.29, 1.82) is 0 Å². The highest BCUT2D eigenvalue weighted by atomic mass is 16.5. The Morgan fingerprint density at radius 2 is 2.29 bits per heavy atom. The van der Waals surface area contributed by atoms with Crippen molar-refractivity contribution < 1.29 is 9.53 Å². The third kappa shape index (κ3) is 3.96. The van der Waals surface area contributed by atoms with Crippen LogP contribution in [0.2, 0.25) is 0 Å². The molecule has 1 amide bonds. The molecule has 1 fully saturated rings. The second-order valence-corrected chi connectivity index (χ2v) is 5.33. The fourth-order valence-corrected chi connectivity index (χ4v) is 2.52. The van der Waals surface area contributed by atoms with Gasteiger partial charge in [-0.1, -0.05) is 13.3 Å². The highest BCUT2D eigenvalue weighted by Crippen LogP contribution is 2.32. The number of primary amides is 1. The number of hydrogen-bond donors (Lipinski definition) is 2. The third-order valence-electron chi connectivity index (χ3n) is 3.36. The molecule has 1 aliphatic carbocycles. The van der Waals surface area contributed by atoms with E-state index in [1.54, 1.807) is 0 Å². The lowest BCUT2D eigenvalue weighted by atomic mass is 9.95. The monoisotopic (exact) mass is 242 g/mol. The van der Waals surface area contributed by atoms with Crippen LogP contribution in [0.25, 0.3) is 0 Å². The van der Waals surface area contributed by atoms with E-state index in [1.165, 1.54) is 0 Å². The highest BCUT2D eigenvalue weighted by molar-refractivity contribution is 5.85. The summed E-state index contributed by atoms with van der Waals surface area (Å²) >= 11 is 0. The Morgan fingerprint density at radius 1 is 1.59 bits per heavy atom. The molecule has 0 heterocycles. The highest BCUT2D eigenvalue weighted by Gasteiger charge is 2.44. The lowest BCUT2D eigenvalue weighted by Crippen LogP contribution is -2.56. The first-order chi connectivity index (χ1) is 8.00. The maximum Gasteiger partial charge on any atom is 0.237 e. The first-order valence-electron chi connectivity index (χ1n) is 6.69. The molecule has 2 unspecified atom stereocenters. The van der Waals surface area contributed by atoms with Gasteiger partial charge in [-0.05, 0) is 33.1 Å². The van der Waals surface area contributed by atoms with Crippen molar-refractivity contribution in [3.05, 3.63) is 0 Å². The largest absolute Gasteiger partial charge is 0.378 e. The van der Waals surface area contributed by atoms with Gasteiger partial charge in [-0.15, -0.1) is 0 Å². The van der Waals surface area contributed by atoms with Crippen LogP contribution in [0.4, 0.5) is 0 Å². The maximum absolute atomic E-state index is 11.6. The van der Waals surface area contributed by atoms with Gasteiger partial charge in [0.15, 0.2) is 0 Å². The van der Waals surface area contributed by atoms with Crippen molar-refractivity contribution in [2.45, 2.75) is 70.6 Å². The van der Waals surface area contributed by atoms with E-state index in [0.717, 1.165) is 32.3 Å². The van der Waals surface area contributed by atoms with Crippen LogP contribution in [-0.4, -0.2) is 30.2 Å². The minimum Gasteiger partial charge on any atom is -0.378 e. The zero-order valence-electron chi connectivity index (χ0n) is 11.3. The summed E-state index contributed by atoms with van der Waals surface area (Å²) in [7, 11) is 0. The Morgan fingerprint density at radius 3 is 2.82 bits per heavy atom. The van der Waals surface area contributed by atoms with Crippen molar-refractivity contribution in [1.82, 2.24) is 5.32 Å². The van der Waals surface area contributed by atoms with E-state index in [1.807, 2.05) is 13.8 Å². The Kier molecular flexibility index (Phi) is 5.40. The molecular formula is C13H26N2O2. The van der Waals surface area contributed by atoms with Crippen LogP contribution in [0.3, 0.4) is 0 Å². The SMILES string of the molecule is CCCCOC1CCC(NC(C)C)(C(N)=O)C1. The number of amides is 1. The summed E-state index contributed by atoms with van der Waals surface area (Å²) < 4.78 is 5.78. The van der Waals surface area contributed by atoms with Gasteiger partial charge in [0.2, 0.25) is 5.91 Å². The Hall–Kier alpha value is -0.610. The molecule has 0 aliphatic heterocycles. The van der Waals surface area contributed by atoms with Gasteiger partial charge < -0.3 is 15.8 Å². The van der Waals surface area contributed by atoms with E-state index >= 15 is 0 Å². The molecule has 0 aromatic rings. The van der Waals surface area contributed by atoms with Crippen LogP contribution in [0, 0.1) is 0 Å². The predicted octanol–water partition coefficient (Wildman–Crippen LogP) is 1.58. The molecule has 1 saturated carbocycles. The fourth-order valence-electron chi connectivity index (χ4n) is 2.52. The molecule has 1 rings (SSSR count). The molecule has 2 atom stereocenters. The topological polar surface area (TPSA) is 64.3 Å². The third-order valence-corrected chi connectivity index (χ3v) is 3.36. The molecule has 4 nitrogen and oxygen atoms in total. The standard InChI is InChI=1S/C13H26N2O2/c1-4-5-8-17-11-6-7-13(9-11,12(14)16)15-10(2)3/h10-11,15H,4-9H2,1-3H3,(H2,14,16). The van der Waals surface area contributed by atoms with Crippen molar-refractivity contribution in [3.8, 4) is 0 Å². The van der Waals surface area contributed by atoms with Crippen molar-refractivity contribution in [2.24, 2.45) is 5.73 Å². The molecular weight excluding hydrogens is 216 g/mol. The van der Waals surface area contributed by atoms with E-state index in [9.17, 15) is 4.79 Å². The maximum atomic E-state index is 11.6. The van der Waals surface area contributed by atoms with Gasteiger partial charge in [0.25, 0.3) is 0 Å². The second kappa shape index (κ2) is 6.36. The number of hydrogen-bond acceptors (Lipinski definition) is 3. The zero-order valence-corrected chi connectivity index (χ0v) is 11.3. The second-order valence-electron chi connectivity index (χ2n) is 5.33. The van der Waals surface area contributed by atoms with Gasteiger partial charge in [0, 0.05) is 19.1 Å². The van der Waals surface area contributed by atoms with E-state index in [4.69, 9.17) is 10.5 Å². The van der Waals surface area contributed by atoms with Crippen molar-refractivity contribution >= 4 is 5.91 Å². The molecule has 3 N–H and O–H groups in total. The average molecular weight is 242 g/mol. The quantitative estimate of drug-likeness (QED) is 0.666. The molecule has 17 heavy (non-hydrogen) atoms. The molecule has 0 spiro atoms. The Bertz CT molecular complexity index is 256. The molecule has 4 heteroatoms. The molecule has 0 aromatic carbocycles. The smallest absolute Gasteiger partial charge is 0.237 e. The van der Waals surface area contributed by atoms with Crippen LogP contribution in [0.5, 0.6) is 0 Å². The van der Waals surface area contributed by atoms with Crippen LogP contribution in [-0.2, 0) is 9.53 Å². The summed E-state index contributed by atoms with van der Waals surface area (Å²) in [5.41, 5.74) is 4.99. The number of carbonyl (C=O) groups is 1. The molecule has 100 valence electrons. The number of rotatable bonds is 7. The minimum atomic E-state index is -0.551. The summed E-state index contributed by atoms with van der Waals surface area (Å²) in [4.78, 5) is 11.6. The van der Waals surface area contributed by atoms with E-state index in [0.29, 0.717) is 6.42 Å². The van der Waals surface area contributed by atoms with Gasteiger partial charge >= 0.3 is 0 Å². The predicted molar refractivity (Wildman–Crippen MR) is 68.7 cm³/mol. The Labute approximate surface area is 104 Å². The van der Waals surface area contributed by atoms with Gasteiger partial charge in [-0.25, -0.2) is 0 Å². The van der Waals surface area contributed by atoms with Crippen LogP contribution < -0.4 is 11.1 Å². The molecule has 0 saturated heterocycles. The summed E-state index contributed by atoms with van der Waals surface area (Å²) in [6, 6.07) is 0.261. The molecule has 1 aliphatic rings. The normalized spacial score (nSPS) is 28.8. The summed E-state index contributed by atoms with van der Waals surface area (Å²) in [5.74, 6) is -0.243. The van der Waals surface area contributed by atoms with Gasteiger partial charge in [-0.2, -0.15) is 0 Å². The molecule has 0 bridgehead atoms. The summed E-state index contributed by atoms with van der Waals surface area (Å²) in [6.07, 6.45) is 4.82. The van der Waals surface area contributed by atoms with E-state index < -0.39 is 5.54 Å². The van der Waals surface area contributed by atoms with Crippen molar-refractivity contribution in [3.63, 3.8) is 0 Å². The molecule has 0 radical (unpaired) electrons. The van der Waals surface area contributed by atoms with Gasteiger partial charge in [0.05, 0.1) is 6.10 Å². The summed E-state index contributed by atoms with van der Waals surface area (Å²) in [5, 5.41) is 3.32. The van der Waals surface area contributed by atoms with Crippen LogP contribution in [0.1, 0.15) is 52.9 Å². The number of carbonyl (C=O) groups excluding carboxylic acids is 1. The summed E-state index contributed by atoms with van der Waals surface area (Å²) in [6.45, 7) is 7.01. The number of ether oxygens (including phenoxy) is 1. The van der Waals surface area contributed by atoms with Gasteiger partial charge in [0.1, 0.15) is 5.54 Å². The average Bonchev–Trinajstić information content (AvgIpc) is 2.62. The molecule has 0 aromatic heterocycles. The first kappa shape index (κ1) is 14.5. The minimum absolute atomic E-state index is 0.181. The Balaban J connectivity index is 2.50. The van der Waals surface area contributed by atoms with E-state index in [-0.39, 0.29) is 18.1 Å². The van der Waals surface area contributed by atoms with Crippen LogP contribution >= 0.6 is 0 Å². The fraction of sp³-hybridized carbons (Fsp3) is 0.923. The van der Waals surface area contributed by atoms with Gasteiger partial charge in [-0.3, -0.25) is 4.79 Å². The number of nitrogens with two attached hydrogens (primary N) is 1. The number of unbranched alkanes of at least 4 members (excludes halogenated alkanes) is 1. The van der Waals surface area contributed by atoms with Crippen LogP contribution in [0.15, 0.2) is 0 Å². The zero-order chi connectivity index (χ0) is 12.9. The van der Waals surface area contributed by atoms with E-state index in [2.05, 4.69) is 12.2 Å². The lowest BCUT2D eigenvalue weighted by Gasteiger charge is -2.29.